The highest BCUT2D eigenvalue weighted by atomic mass is 35.5. The predicted octanol–water partition coefficient (Wildman–Crippen LogP) is 2.62. The van der Waals surface area contributed by atoms with Crippen molar-refractivity contribution < 1.29 is 9.90 Å². The molecule has 1 aromatic heterocycles. The van der Waals surface area contributed by atoms with Gasteiger partial charge in [0.2, 0.25) is 5.91 Å². The molecule has 1 aromatic carbocycles. The van der Waals surface area contributed by atoms with E-state index >= 15 is 0 Å². The smallest absolute Gasteiger partial charge is 0.230 e. The van der Waals surface area contributed by atoms with Crippen molar-refractivity contribution in [1.29, 1.82) is 0 Å². The van der Waals surface area contributed by atoms with Crippen molar-refractivity contribution >= 4 is 23.2 Å². The van der Waals surface area contributed by atoms with Crippen LogP contribution in [0.25, 0.3) is 0 Å². The largest absolute Gasteiger partial charge is 0.506 e. The van der Waals surface area contributed by atoms with Gasteiger partial charge >= 0.3 is 0 Å². The van der Waals surface area contributed by atoms with Gasteiger partial charge in [0.05, 0.1) is 11.4 Å². The van der Waals surface area contributed by atoms with Gasteiger partial charge in [-0.2, -0.15) is 0 Å². The van der Waals surface area contributed by atoms with Crippen molar-refractivity contribution in [3.05, 3.63) is 53.3 Å². The summed E-state index contributed by atoms with van der Waals surface area (Å²) < 4.78 is 0. The second kappa shape index (κ2) is 5.51. The Morgan fingerprint density at radius 2 is 2.17 bits per heavy atom. The monoisotopic (exact) mass is 262 g/mol. The van der Waals surface area contributed by atoms with E-state index in [-0.39, 0.29) is 23.1 Å². The summed E-state index contributed by atoms with van der Waals surface area (Å²) in [4.78, 5) is 15.8. The third-order valence-corrected chi connectivity index (χ3v) is 2.62. The fraction of sp³-hybridized carbons (Fsp3) is 0.0769. The molecule has 0 bridgehead atoms. The van der Waals surface area contributed by atoms with Crippen LogP contribution in [0.3, 0.4) is 0 Å². The van der Waals surface area contributed by atoms with Gasteiger partial charge in [-0.1, -0.05) is 17.7 Å². The van der Waals surface area contributed by atoms with E-state index in [4.69, 9.17) is 11.6 Å². The highest BCUT2D eigenvalue weighted by Crippen LogP contribution is 2.26. The number of carbonyl (C=O) groups excluding carboxylic acids is 1. The molecule has 0 aliphatic heterocycles. The molecule has 1 heterocycles. The first-order chi connectivity index (χ1) is 8.65. The molecule has 2 aromatic rings. The van der Waals surface area contributed by atoms with E-state index in [2.05, 4.69) is 10.3 Å². The summed E-state index contributed by atoms with van der Waals surface area (Å²) in [6.45, 7) is 0. The van der Waals surface area contributed by atoms with E-state index in [9.17, 15) is 9.90 Å². The third-order valence-electron chi connectivity index (χ3n) is 2.30. The van der Waals surface area contributed by atoms with E-state index in [0.29, 0.717) is 11.4 Å². The molecule has 18 heavy (non-hydrogen) atoms. The SMILES string of the molecule is O=C(Cc1ccccn1)Nc1ccc(Cl)c(O)c1. The topological polar surface area (TPSA) is 62.2 Å². The molecule has 0 fully saturated rings. The van der Waals surface area contributed by atoms with Gasteiger partial charge in [0, 0.05) is 23.6 Å². The van der Waals surface area contributed by atoms with Crippen molar-refractivity contribution in [2.75, 3.05) is 5.32 Å². The average Bonchev–Trinajstić information content (AvgIpc) is 2.35. The number of anilines is 1. The maximum absolute atomic E-state index is 11.7. The molecule has 0 spiro atoms. The number of hydrogen-bond acceptors (Lipinski definition) is 3. The van der Waals surface area contributed by atoms with E-state index in [1.165, 1.54) is 12.1 Å². The molecule has 2 rings (SSSR count). The minimum atomic E-state index is -0.199. The van der Waals surface area contributed by atoms with Crippen molar-refractivity contribution in [3.8, 4) is 5.75 Å². The fourth-order valence-electron chi connectivity index (χ4n) is 1.46. The lowest BCUT2D eigenvalue weighted by molar-refractivity contribution is -0.115. The summed E-state index contributed by atoms with van der Waals surface area (Å²) >= 11 is 5.67. The van der Waals surface area contributed by atoms with Crippen LogP contribution in [-0.4, -0.2) is 16.0 Å². The highest BCUT2D eigenvalue weighted by Gasteiger charge is 2.06. The normalized spacial score (nSPS) is 10.1. The minimum absolute atomic E-state index is 0.0627. The average molecular weight is 263 g/mol. The van der Waals surface area contributed by atoms with Crippen LogP contribution in [0, 0.1) is 0 Å². The number of halogens is 1. The van der Waals surface area contributed by atoms with Gasteiger partial charge in [-0.15, -0.1) is 0 Å². The molecule has 0 radical (unpaired) electrons. The number of aromatic hydroxyl groups is 1. The molecule has 0 unspecified atom stereocenters. The van der Waals surface area contributed by atoms with Crippen LogP contribution in [0.4, 0.5) is 5.69 Å². The lowest BCUT2D eigenvalue weighted by Gasteiger charge is -2.06. The number of amides is 1. The van der Waals surface area contributed by atoms with Gasteiger partial charge in [0.15, 0.2) is 0 Å². The number of pyridine rings is 1. The second-order valence-electron chi connectivity index (χ2n) is 3.71. The number of aromatic nitrogens is 1. The number of nitrogens with zero attached hydrogens (tertiary/aromatic N) is 1. The van der Waals surface area contributed by atoms with E-state index in [0.717, 1.165) is 0 Å². The first-order valence-electron chi connectivity index (χ1n) is 5.33. The molecular formula is C13H11ClN2O2. The fourth-order valence-corrected chi connectivity index (χ4v) is 1.58. The van der Waals surface area contributed by atoms with Gasteiger partial charge in [-0.25, -0.2) is 0 Å². The van der Waals surface area contributed by atoms with Crippen LogP contribution in [-0.2, 0) is 11.2 Å². The number of nitrogens with one attached hydrogen (secondary N) is 1. The molecule has 2 N–H and O–H groups in total. The van der Waals surface area contributed by atoms with Crippen LogP contribution in [0.1, 0.15) is 5.69 Å². The van der Waals surface area contributed by atoms with Crippen molar-refractivity contribution in [2.45, 2.75) is 6.42 Å². The zero-order chi connectivity index (χ0) is 13.0. The summed E-state index contributed by atoms with van der Waals surface area (Å²) in [5.41, 5.74) is 1.19. The highest BCUT2D eigenvalue weighted by molar-refractivity contribution is 6.32. The van der Waals surface area contributed by atoms with E-state index in [1.54, 1.807) is 24.4 Å². The molecule has 0 atom stereocenters. The number of rotatable bonds is 3. The molecule has 92 valence electrons. The Bertz CT molecular complexity index is 558. The van der Waals surface area contributed by atoms with Crippen LogP contribution in [0.2, 0.25) is 5.02 Å². The Morgan fingerprint density at radius 3 is 2.83 bits per heavy atom. The van der Waals surface area contributed by atoms with Gasteiger partial charge in [0.1, 0.15) is 5.75 Å². The minimum Gasteiger partial charge on any atom is -0.506 e. The summed E-state index contributed by atoms with van der Waals surface area (Å²) in [5.74, 6) is -0.261. The number of benzene rings is 1. The first kappa shape index (κ1) is 12.4. The van der Waals surface area contributed by atoms with E-state index in [1.807, 2.05) is 6.07 Å². The predicted molar refractivity (Wildman–Crippen MR) is 69.7 cm³/mol. The van der Waals surface area contributed by atoms with Crippen LogP contribution < -0.4 is 5.32 Å². The van der Waals surface area contributed by atoms with Crippen molar-refractivity contribution in [3.63, 3.8) is 0 Å². The molecule has 5 heteroatoms. The molecule has 1 amide bonds. The number of phenols is 1. The van der Waals surface area contributed by atoms with E-state index < -0.39 is 0 Å². The van der Waals surface area contributed by atoms with Gasteiger partial charge in [-0.05, 0) is 24.3 Å². The molecule has 0 saturated carbocycles. The summed E-state index contributed by atoms with van der Waals surface area (Å²) in [6, 6.07) is 9.94. The maximum Gasteiger partial charge on any atom is 0.230 e. The van der Waals surface area contributed by atoms with Gasteiger partial charge in [0.25, 0.3) is 0 Å². The van der Waals surface area contributed by atoms with Gasteiger partial charge in [-0.3, -0.25) is 9.78 Å². The quantitative estimate of drug-likeness (QED) is 0.894. The number of phenolic OH excluding ortho intramolecular Hbond substituents is 1. The number of carbonyl (C=O) groups is 1. The molecule has 0 aliphatic rings. The number of hydrogen-bond donors (Lipinski definition) is 2. The summed E-state index contributed by atoms with van der Waals surface area (Å²) in [7, 11) is 0. The zero-order valence-electron chi connectivity index (χ0n) is 9.43. The third kappa shape index (κ3) is 3.21. The molecule has 4 nitrogen and oxygen atoms in total. The van der Waals surface area contributed by atoms with Crippen LogP contribution in [0.15, 0.2) is 42.6 Å². The Labute approximate surface area is 109 Å². The Kier molecular flexibility index (Phi) is 3.79. The van der Waals surface area contributed by atoms with Crippen LogP contribution >= 0.6 is 11.6 Å². The van der Waals surface area contributed by atoms with Crippen molar-refractivity contribution in [1.82, 2.24) is 4.98 Å². The molecule has 0 aliphatic carbocycles. The Morgan fingerprint density at radius 1 is 1.33 bits per heavy atom. The summed E-state index contributed by atoms with van der Waals surface area (Å²) in [5, 5.41) is 12.3. The van der Waals surface area contributed by atoms with Gasteiger partial charge < -0.3 is 10.4 Å². The van der Waals surface area contributed by atoms with Crippen molar-refractivity contribution in [2.24, 2.45) is 0 Å². The lowest BCUT2D eigenvalue weighted by atomic mass is 10.2. The first-order valence-corrected chi connectivity index (χ1v) is 5.71. The molecule has 0 saturated heterocycles. The maximum atomic E-state index is 11.7. The molecular weight excluding hydrogens is 252 g/mol. The summed E-state index contributed by atoms with van der Waals surface area (Å²) in [6.07, 6.45) is 1.82. The zero-order valence-corrected chi connectivity index (χ0v) is 10.2. The lowest BCUT2D eigenvalue weighted by Crippen LogP contribution is -2.14. The Balaban J connectivity index is 2.01. The van der Waals surface area contributed by atoms with Crippen LogP contribution in [0.5, 0.6) is 5.75 Å². The standard InChI is InChI=1S/C13H11ClN2O2/c14-11-5-4-10(7-12(11)17)16-13(18)8-9-3-1-2-6-15-9/h1-7,17H,8H2,(H,16,18). The second-order valence-corrected chi connectivity index (χ2v) is 4.12. The Hall–Kier alpha value is -2.07.